The minimum atomic E-state index is -0.199. The highest BCUT2D eigenvalue weighted by Crippen LogP contribution is 2.40. The summed E-state index contributed by atoms with van der Waals surface area (Å²) in [6.45, 7) is 3.38. The van der Waals surface area contributed by atoms with E-state index in [1.54, 1.807) is 17.8 Å². The number of carbonyl (C=O) groups excluding carboxylic acids is 1. The number of nitrogens with zero attached hydrogens (tertiary/aromatic N) is 1. The maximum atomic E-state index is 12.2. The second-order valence-electron chi connectivity index (χ2n) is 6.24. The number of thioether (sulfide) groups is 1. The molecule has 0 aromatic rings. The molecule has 0 radical (unpaired) electrons. The first-order valence-electron chi connectivity index (χ1n) is 7.76. The molecule has 4 aliphatic rings. The predicted octanol–water partition coefficient (Wildman–Crippen LogP) is 0.957. The maximum absolute atomic E-state index is 12.2. The monoisotopic (exact) mass is 307 g/mol. The first-order valence-corrected chi connectivity index (χ1v) is 8.70. The zero-order valence-corrected chi connectivity index (χ0v) is 12.7. The Morgan fingerprint density at radius 3 is 3.00 bits per heavy atom. The zero-order valence-electron chi connectivity index (χ0n) is 11.9. The van der Waals surface area contributed by atoms with Gasteiger partial charge in [-0.2, -0.15) is 0 Å². The fourth-order valence-electron chi connectivity index (χ4n) is 3.83. The molecule has 0 aromatic heterocycles. The molecule has 3 aliphatic heterocycles. The molecule has 0 aromatic carbocycles. The summed E-state index contributed by atoms with van der Waals surface area (Å²) < 4.78 is 0. The van der Waals surface area contributed by atoms with Gasteiger partial charge in [0.2, 0.25) is 5.91 Å². The van der Waals surface area contributed by atoms with Gasteiger partial charge in [0.05, 0.1) is 22.7 Å². The smallest absolute Gasteiger partial charge is 0.228 e. The van der Waals surface area contributed by atoms with Crippen LogP contribution in [-0.2, 0) is 4.79 Å². The third-order valence-electron chi connectivity index (χ3n) is 4.86. The molecule has 4 rings (SSSR count). The molecule has 3 heterocycles. The van der Waals surface area contributed by atoms with Gasteiger partial charge < -0.3 is 15.3 Å². The van der Waals surface area contributed by atoms with Gasteiger partial charge in [-0.25, -0.2) is 0 Å². The second-order valence-corrected chi connectivity index (χ2v) is 7.59. The third kappa shape index (κ3) is 2.39. The summed E-state index contributed by atoms with van der Waals surface area (Å²) in [6.07, 6.45) is 6.89. The quantitative estimate of drug-likeness (QED) is 0.709. The molecule has 4 unspecified atom stereocenters. The van der Waals surface area contributed by atoms with E-state index in [-0.39, 0.29) is 29.0 Å². The van der Waals surface area contributed by atoms with Gasteiger partial charge in [0.15, 0.2) is 0 Å². The number of nitrogens with one attached hydrogen (secondary N) is 2. The normalized spacial score (nSPS) is 39.3. The van der Waals surface area contributed by atoms with Crippen molar-refractivity contribution in [3.8, 4) is 0 Å². The number of carbonyl (C=O) groups is 1. The van der Waals surface area contributed by atoms with Crippen LogP contribution in [0.2, 0.25) is 0 Å². The molecule has 0 bridgehead atoms. The van der Waals surface area contributed by atoms with E-state index in [9.17, 15) is 9.90 Å². The summed E-state index contributed by atoms with van der Waals surface area (Å²) in [6, 6.07) is 0.0650. The molecule has 6 heteroatoms. The average molecular weight is 307 g/mol. The largest absolute Gasteiger partial charge is 0.508 e. The van der Waals surface area contributed by atoms with Gasteiger partial charge in [-0.15, -0.1) is 11.8 Å². The fraction of sp³-hybridized carbons (Fsp3) is 0.667. The molecule has 21 heavy (non-hydrogen) atoms. The van der Waals surface area contributed by atoms with Crippen molar-refractivity contribution in [2.24, 2.45) is 5.92 Å². The van der Waals surface area contributed by atoms with Gasteiger partial charge in [0.1, 0.15) is 5.76 Å². The molecule has 1 amide bonds. The Balaban J connectivity index is 1.53. The number of aliphatic hydroxyl groups excluding tert-OH is 1. The maximum Gasteiger partial charge on any atom is 0.228 e. The number of hydrogen-bond donors (Lipinski definition) is 3. The molecule has 5 nitrogen and oxygen atoms in total. The van der Waals surface area contributed by atoms with E-state index in [1.807, 2.05) is 6.08 Å². The SMILES string of the molecule is O=C1NC2SC(CN3CCCC3)NC2C2=C(O)C=CCC12. The number of likely N-dealkylation sites (tertiary alicyclic amines) is 1. The molecule has 0 saturated carbocycles. The first-order chi connectivity index (χ1) is 10.2. The topological polar surface area (TPSA) is 64.6 Å². The van der Waals surface area contributed by atoms with Crippen LogP contribution in [0.5, 0.6) is 0 Å². The van der Waals surface area contributed by atoms with Crippen LogP contribution < -0.4 is 10.6 Å². The summed E-state index contributed by atoms with van der Waals surface area (Å²) in [7, 11) is 0. The van der Waals surface area contributed by atoms with E-state index in [4.69, 9.17) is 0 Å². The van der Waals surface area contributed by atoms with Crippen molar-refractivity contribution in [2.45, 2.75) is 36.1 Å². The Labute approximate surface area is 128 Å². The van der Waals surface area contributed by atoms with E-state index in [0.717, 1.165) is 12.1 Å². The van der Waals surface area contributed by atoms with E-state index >= 15 is 0 Å². The molecule has 3 saturated heterocycles. The molecule has 0 spiro atoms. The highest BCUT2D eigenvalue weighted by atomic mass is 32.2. The van der Waals surface area contributed by atoms with Gasteiger partial charge in [0.25, 0.3) is 0 Å². The van der Waals surface area contributed by atoms with Crippen molar-refractivity contribution in [1.29, 1.82) is 0 Å². The van der Waals surface area contributed by atoms with E-state index in [2.05, 4.69) is 15.5 Å². The fourth-order valence-corrected chi connectivity index (χ4v) is 5.27. The average Bonchev–Trinajstić information content (AvgIpc) is 3.09. The van der Waals surface area contributed by atoms with E-state index in [1.165, 1.54) is 25.9 Å². The lowest BCUT2D eigenvalue weighted by atomic mass is 9.82. The van der Waals surface area contributed by atoms with Crippen LogP contribution in [0.15, 0.2) is 23.5 Å². The van der Waals surface area contributed by atoms with Crippen LogP contribution >= 0.6 is 11.8 Å². The zero-order chi connectivity index (χ0) is 14.4. The standard InChI is InChI=1S/C15H21N3O2S/c19-10-5-3-4-9-12(10)13-15(17-14(9)20)21-11(16-13)8-18-6-1-2-7-18/h3,5,9,11,13,15-16,19H,1-2,4,6-8H2,(H,17,20). The number of amides is 1. The number of allylic oxidation sites excluding steroid dienone is 2. The van der Waals surface area contributed by atoms with Gasteiger partial charge in [-0.05, 0) is 38.4 Å². The van der Waals surface area contributed by atoms with Crippen LogP contribution in [0, 0.1) is 5.92 Å². The molecule has 3 N–H and O–H groups in total. The first kappa shape index (κ1) is 13.7. The Morgan fingerprint density at radius 1 is 1.38 bits per heavy atom. The van der Waals surface area contributed by atoms with Crippen molar-refractivity contribution in [3.05, 3.63) is 23.5 Å². The van der Waals surface area contributed by atoms with E-state index in [0.29, 0.717) is 11.8 Å². The van der Waals surface area contributed by atoms with Crippen molar-refractivity contribution in [1.82, 2.24) is 15.5 Å². The number of piperidine rings is 1. The third-order valence-corrected chi connectivity index (χ3v) is 6.15. The van der Waals surface area contributed by atoms with Crippen LogP contribution in [-0.4, -0.2) is 52.3 Å². The van der Waals surface area contributed by atoms with Gasteiger partial charge in [-0.1, -0.05) is 6.08 Å². The number of aliphatic hydroxyl groups is 1. The Morgan fingerprint density at radius 2 is 2.19 bits per heavy atom. The Bertz CT molecular complexity index is 513. The minimum absolute atomic E-state index is 0.0463. The highest BCUT2D eigenvalue weighted by molar-refractivity contribution is 8.00. The molecule has 1 aliphatic carbocycles. The lowest BCUT2D eigenvalue weighted by Gasteiger charge is -2.35. The van der Waals surface area contributed by atoms with Crippen LogP contribution in [0.25, 0.3) is 0 Å². The van der Waals surface area contributed by atoms with Crippen LogP contribution in [0.3, 0.4) is 0 Å². The predicted molar refractivity (Wildman–Crippen MR) is 82.8 cm³/mol. The van der Waals surface area contributed by atoms with Gasteiger partial charge in [-0.3, -0.25) is 10.1 Å². The lowest BCUT2D eigenvalue weighted by molar-refractivity contribution is -0.125. The summed E-state index contributed by atoms with van der Waals surface area (Å²) in [5.74, 6) is 0.138. The van der Waals surface area contributed by atoms with Crippen molar-refractivity contribution >= 4 is 17.7 Å². The Kier molecular flexibility index (Phi) is 3.47. The van der Waals surface area contributed by atoms with Crippen LogP contribution in [0.1, 0.15) is 19.3 Å². The van der Waals surface area contributed by atoms with Crippen LogP contribution in [0.4, 0.5) is 0 Å². The molecule has 114 valence electrons. The molecule has 3 fully saturated rings. The molecule has 4 atom stereocenters. The van der Waals surface area contributed by atoms with Gasteiger partial charge >= 0.3 is 0 Å². The second kappa shape index (κ2) is 5.34. The van der Waals surface area contributed by atoms with E-state index < -0.39 is 0 Å². The van der Waals surface area contributed by atoms with Crippen molar-refractivity contribution < 1.29 is 9.90 Å². The van der Waals surface area contributed by atoms with Gasteiger partial charge in [0, 0.05) is 12.1 Å². The van der Waals surface area contributed by atoms with Crippen molar-refractivity contribution in [3.63, 3.8) is 0 Å². The Hall–Kier alpha value is -0.980. The number of fused-ring (bicyclic) bond motifs is 3. The summed E-state index contributed by atoms with van der Waals surface area (Å²) in [5.41, 5.74) is 0.891. The van der Waals surface area contributed by atoms with Crippen molar-refractivity contribution in [2.75, 3.05) is 19.6 Å². The summed E-state index contributed by atoms with van der Waals surface area (Å²) in [4.78, 5) is 14.7. The highest BCUT2D eigenvalue weighted by Gasteiger charge is 2.47. The molecular weight excluding hydrogens is 286 g/mol. The minimum Gasteiger partial charge on any atom is -0.508 e. The lowest BCUT2D eigenvalue weighted by Crippen LogP contribution is -2.54. The number of hydrogen-bond acceptors (Lipinski definition) is 5. The summed E-state index contributed by atoms with van der Waals surface area (Å²) >= 11 is 1.79. The number of rotatable bonds is 2. The molecular formula is C15H21N3O2S. The summed E-state index contributed by atoms with van der Waals surface area (Å²) in [5, 5.41) is 17.3.